The van der Waals surface area contributed by atoms with Crippen LogP contribution in [-0.2, 0) is 14.8 Å². The van der Waals surface area contributed by atoms with Gasteiger partial charge in [0.25, 0.3) is 0 Å². The second-order valence-corrected chi connectivity index (χ2v) is 12.0. The van der Waals surface area contributed by atoms with Crippen molar-refractivity contribution in [2.75, 3.05) is 33.7 Å². The minimum absolute atomic E-state index is 0.0516. The summed E-state index contributed by atoms with van der Waals surface area (Å²) in [7, 11) is 0.645. The molecule has 0 radical (unpaired) electrons. The average Bonchev–Trinajstić information content (AvgIpc) is 2.76. The molecule has 1 aliphatic carbocycles. The number of hydrogen-bond donors (Lipinski definition) is 1. The molecule has 32 heavy (non-hydrogen) atoms. The Morgan fingerprint density at radius 2 is 1.56 bits per heavy atom. The molecule has 7 heteroatoms. The molecule has 0 atom stereocenters. The minimum Gasteiger partial charge on any atom is -0.354 e. The normalized spacial score (nSPS) is 20.5. The number of nitrogens with zero attached hydrogens (tertiary/aromatic N) is 2. The summed E-state index contributed by atoms with van der Waals surface area (Å²) >= 11 is 0. The van der Waals surface area contributed by atoms with Crippen LogP contribution >= 0.6 is 0 Å². The Kier molecular flexibility index (Phi) is 7.73. The van der Waals surface area contributed by atoms with Gasteiger partial charge >= 0.3 is 0 Å². The first kappa shape index (κ1) is 25.2. The number of hydrogen-bond acceptors (Lipinski definition) is 4. The number of likely N-dealkylation sites (N-methyl/N-ethyl adjacent to an activating group) is 1. The van der Waals surface area contributed by atoms with Crippen molar-refractivity contribution in [3.63, 3.8) is 0 Å². The Bertz CT molecular complexity index is 915. The van der Waals surface area contributed by atoms with Gasteiger partial charge in [0.05, 0.1) is 4.90 Å². The first-order valence-electron chi connectivity index (χ1n) is 12.0. The van der Waals surface area contributed by atoms with Gasteiger partial charge in [0, 0.05) is 31.1 Å². The molecule has 2 fully saturated rings. The molecule has 1 heterocycles. The number of benzene rings is 1. The summed E-state index contributed by atoms with van der Waals surface area (Å²) in [5.74, 6) is -0.0432. The molecule has 180 valence electrons. The van der Waals surface area contributed by atoms with Crippen molar-refractivity contribution in [1.29, 1.82) is 0 Å². The SMILES string of the molecule is Cc1cc(C)c(C)c(S(=O)(=O)N2CCC(C(=O)NCC3(N(C)C)CCCCC3)CC2)c1C. The van der Waals surface area contributed by atoms with E-state index >= 15 is 0 Å². The van der Waals surface area contributed by atoms with E-state index < -0.39 is 10.0 Å². The van der Waals surface area contributed by atoms with Crippen molar-refractivity contribution < 1.29 is 13.2 Å². The zero-order valence-electron chi connectivity index (χ0n) is 20.8. The largest absolute Gasteiger partial charge is 0.354 e. The Morgan fingerprint density at radius 1 is 1.03 bits per heavy atom. The van der Waals surface area contributed by atoms with E-state index in [1.807, 2.05) is 33.8 Å². The van der Waals surface area contributed by atoms with Crippen LogP contribution in [0.5, 0.6) is 0 Å². The quantitative estimate of drug-likeness (QED) is 0.698. The van der Waals surface area contributed by atoms with Crippen molar-refractivity contribution >= 4 is 15.9 Å². The number of piperidine rings is 1. The van der Waals surface area contributed by atoms with Crippen molar-refractivity contribution in [2.45, 2.75) is 83.1 Å². The summed E-state index contributed by atoms with van der Waals surface area (Å²) in [4.78, 5) is 15.7. The fourth-order valence-corrected chi connectivity index (χ4v) is 7.49. The molecule has 1 saturated carbocycles. The molecular weight excluding hydrogens is 422 g/mol. The van der Waals surface area contributed by atoms with Gasteiger partial charge in [-0.2, -0.15) is 4.31 Å². The first-order valence-corrected chi connectivity index (χ1v) is 13.5. The van der Waals surface area contributed by atoms with Gasteiger partial charge in [-0.3, -0.25) is 4.79 Å². The third kappa shape index (κ3) is 4.90. The highest BCUT2D eigenvalue weighted by Crippen LogP contribution is 2.33. The van der Waals surface area contributed by atoms with Gasteiger partial charge in [0.1, 0.15) is 0 Å². The lowest BCUT2D eigenvalue weighted by molar-refractivity contribution is -0.126. The summed E-state index contributed by atoms with van der Waals surface area (Å²) < 4.78 is 28.5. The number of sulfonamides is 1. The van der Waals surface area contributed by atoms with Gasteiger partial charge in [-0.15, -0.1) is 0 Å². The van der Waals surface area contributed by atoms with Crippen LogP contribution in [-0.4, -0.2) is 62.8 Å². The van der Waals surface area contributed by atoms with Gasteiger partial charge in [-0.25, -0.2) is 8.42 Å². The molecule has 1 aromatic carbocycles. The van der Waals surface area contributed by atoms with E-state index in [9.17, 15) is 13.2 Å². The zero-order valence-corrected chi connectivity index (χ0v) is 21.6. The van der Waals surface area contributed by atoms with Crippen LogP contribution in [0.2, 0.25) is 0 Å². The Balaban J connectivity index is 1.64. The fraction of sp³-hybridized carbons (Fsp3) is 0.720. The van der Waals surface area contributed by atoms with Gasteiger partial charge in [0.15, 0.2) is 0 Å². The highest BCUT2D eigenvalue weighted by Gasteiger charge is 2.37. The van der Waals surface area contributed by atoms with Crippen LogP contribution in [0.3, 0.4) is 0 Å². The van der Waals surface area contributed by atoms with Crippen LogP contribution < -0.4 is 5.32 Å². The Labute approximate surface area is 194 Å². The second kappa shape index (κ2) is 9.82. The Hall–Kier alpha value is -1.44. The van der Waals surface area contributed by atoms with E-state index in [0.717, 1.165) is 35.1 Å². The summed E-state index contributed by atoms with van der Waals surface area (Å²) in [6, 6.07) is 2.05. The lowest BCUT2D eigenvalue weighted by Crippen LogP contribution is -2.55. The molecule has 0 spiro atoms. The van der Waals surface area contributed by atoms with Crippen LogP contribution in [0, 0.1) is 33.6 Å². The minimum atomic E-state index is -3.57. The van der Waals surface area contributed by atoms with Crippen molar-refractivity contribution in [2.24, 2.45) is 5.92 Å². The van der Waals surface area contributed by atoms with Crippen LogP contribution in [0.4, 0.5) is 0 Å². The van der Waals surface area contributed by atoms with E-state index in [0.29, 0.717) is 37.4 Å². The zero-order chi connectivity index (χ0) is 23.7. The molecule has 1 saturated heterocycles. The highest BCUT2D eigenvalue weighted by molar-refractivity contribution is 7.89. The van der Waals surface area contributed by atoms with E-state index in [-0.39, 0.29) is 17.4 Å². The number of carbonyl (C=O) groups excluding carboxylic acids is 1. The molecule has 3 rings (SSSR count). The monoisotopic (exact) mass is 463 g/mol. The number of carbonyl (C=O) groups is 1. The van der Waals surface area contributed by atoms with E-state index in [4.69, 9.17) is 0 Å². The van der Waals surface area contributed by atoms with E-state index in [1.165, 1.54) is 19.3 Å². The van der Waals surface area contributed by atoms with Crippen LogP contribution in [0.25, 0.3) is 0 Å². The highest BCUT2D eigenvalue weighted by atomic mass is 32.2. The third-order valence-electron chi connectivity index (χ3n) is 8.04. The number of aryl methyl sites for hydroxylation is 2. The maximum Gasteiger partial charge on any atom is 0.243 e. The molecule has 0 unspecified atom stereocenters. The summed E-state index contributed by atoms with van der Waals surface area (Å²) in [6.07, 6.45) is 7.07. The van der Waals surface area contributed by atoms with E-state index in [1.54, 1.807) is 4.31 Å². The molecule has 1 amide bonds. The van der Waals surface area contributed by atoms with Crippen LogP contribution in [0.15, 0.2) is 11.0 Å². The van der Waals surface area contributed by atoms with Crippen LogP contribution in [0.1, 0.15) is 67.2 Å². The number of amides is 1. The van der Waals surface area contributed by atoms with Gasteiger partial charge in [-0.1, -0.05) is 25.3 Å². The fourth-order valence-electron chi connectivity index (χ4n) is 5.44. The maximum atomic E-state index is 13.5. The van der Waals surface area contributed by atoms with Gasteiger partial charge in [-0.05, 0) is 89.7 Å². The van der Waals surface area contributed by atoms with Crippen molar-refractivity contribution in [3.8, 4) is 0 Å². The van der Waals surface area contributed by atoms with Crippen molar-refractivity contribution in [1.82, 2.24) is 14.5 Å². The molecule has 6 nitrogen and oxygen atoms in total. The molecule has 2 aliphatic rings. The molecule has 1 N–H and O–H groups in total. The summed E-state index contributed by atoms with van der Waals surface area (Å²) in [5.41, 5.74) is 3.71. The maximum absolute atomic E-state index is 13.5. The summed E-state index contributed by atoms with van der Waals surface area (Å²) in [5, 5.41) is 3.21. The predicted molar refractivity (Wildman–Crippen MR) is 129 cm³/mol. The molecular formula is C25H41N3O3S. The topological polar surface area (TPSA) is 69.7 Å². The standard InChI is InChI=1S/C25H41N3O3S/c1-18-16-19(2)21(4)23(20(18)3)32(30,31)28-14-10-22(11-15-28)24(29)26-17-25(27(5)6)12-8-7-9-13-25/h16,22H,7-15,17H2,1-6H3,(H,26,29). The van der Waals surface area contributed by atoms with E-state index in [2.05, 4.69) is 24.3 Å². The first-order chi connectivity index (χ1) is 15.0. The second-order valence-electron chi connectivity index (χ2n) is 10.2. The number of rotatable bonds is 6. The Morgan fingerprint density at radius 3 is 2.06 bits per heavy atom. The number of nitrogens with one attached hydrogen (secondary N) is 1. The lowest BCUT2D eigenvalue weighted by atomic mass is 9.80. The average molecular weight is 464 g/mol. The molecule has 1 aliphatic heterocycles. The van der Waals surface area contributed by atoms with Crippen molar-refractivity contribution in [3.05, 3.63) is 28.3 Å². The molecule has 0 bridgehead atoms. The lowest BCUT2D eigenvalue weighted by Gasteiger charge is -2.43. The summed E-state index contributed by atoms with van der Waals surface area (Å²) in [6.45, 7) is 9.17. The molecule has 0 aromatic heterocycles. The smallest absolute Gasteiger partial charge is 0.243 e. The molecule has 1 aromatic rings. The predicted octanol–water partition coefficient (Wildman–Crippen LogP) is 3.70. The third-order valence-corrected chi connectivity index (χ3v) is 10.2. The van der Waals surface area contributed by atoms with Gasteiger partial charge < -0.3 is 10.2 Å². The van der Waals surface area contributed by atoms with Gasteiger partial charge in [0.2, 0.25) is 15.9 Å².